The highest BCUT2D eigenvalue weighted by Gasteiger charge is 2.31. The smallest absolute Gasteiger partial charge is 0.296 e. The van der Waals surface area contributed by atoms with Crippen LogP contribution in [0.3, 0.4) is 0 Å². The second-order valence-corrected chi connectivity index (χ2v) is 9.58. The van der Waals surface area contributed by atoms with E-state index in [1.54, 1.807) is 43.0 Å². The minimum atomic E-state index is -2.80. The van der Waals surface area contributed by atoms with Crippen molar-refractivity contribution in [3.05, 3.63) is 36.2 Å². The molecular formula is C24H30F2N8O2. The van der Waals surface area contributed by atoms with Crippen molar-refractivity contribution in [1.29, 1.82) is 0 Å². The normalized spacial score (nSPS) is 17.3. The number of imidazole rings is 1. The number of rotatable bonds is 5. The fourth-order valence-electron chi connectivity index (χ4n) is 4.57. The van der Waals surface area contributed by atoms with Crippen LogP contribution in [-0.2, 0) is 9.53 Å². The highest BCUT2D eigenvalue weighted by Crippen LogP contribution is 2.29. The average molecular weight is 501 g/mol. The monoisotopic (exact) mass is 500 g/mol. The summed E-state index contributed by atoms with van der Waals surface area (Å²) in [7, 11) is 0. The molecular weight excluding hydrogens is 470 g/mol. The van der Waals surface area contributed by atoms with Gasteiger partial charge in [-0.3, -0.25) is 9.36 Å². The van der Waals surface area contributed by atoms with E-state index >= 15 is 0 Å². The highest BCUT2D eigenvalue weighted by molar-refractivity contribution is 5.85. The molecule has 1 amide bonds. The Balaban J connectivity index is 1.54. The Kier molecular flexibility index (Phi) is 6.47. The molecule has 5 rings (SSSR count). The van der Waals surface area contributed by atoms with Gasteiger partial charge in [-0.2, -0.15) is 9.97 Å². The number of carbonyl (C=O) groups is 1. The number of fused-ring (bicyclic) bond motifs is 1. The molecule has 0 aliphatic carbocycles. The van der Waals surface area contributed by atoms with E-state index < -0.39 is 17.8 Å². The fourth-order valence-corrected chi connectivity index (χ4v) is 4.57. The van der Waals surface area contributed by atoms with Crippen LogP contribution in [0.15, 0.2) is 30.3 Å². The van der Waals surface area contributed by atoms with Gasteiger partial charge in [0.05, 0.1) is 29.8 Å². The summed E-state index contributed by atoms with van der Waals surface area (Å²) in [5.74, 6) is 0.879. The second kappa shape index (κ2) is 9.58. The number of para-hydroxylation sites is 2. The summed E-state index contributed by atoms with van der Waals surface area (Å²) in [6, 6.07) is 8.84. The van der Waals surface area contributed by atoms with Crippen LogP contribution < -0.4 is 15.5 Å². The third-order valence-electron chi connectivity index (χ3n) is 6.45. The molecule has 2 N–H and O–H groups in total. The van der Waals surface area contributed by atoms with Crippen molar-refractivity contribution in [2.24, 2.45) is 5.73 Å². The lowest BCUT2D eigenvalue weighted by molar-refractivity contribution is -0.136. The van der Waals surface area contributed by atoms with Gasteiger partial charge in [-0.1, -0.05) is 12.1 Å². The van der Waals surface area contributed by atoms with E-state index in [9.17, 15) is 13.6 Å². The number of morpholine rings is 1. The average Bonchev–Trinajstić information content (AvgIpc) is 3.28. The molecule has 2 aliphatic heterocycles. The summed E-state index contributed by atoms with van der Waals surface area (Å²) in [6.07, 6.45) is -2.80. The van der Waals surface area contributed by atoms with Gasteiger partial charge in [0.2, 0.25) is 11.9 Å². The molecule has 4 heterocycles. The van der Waals surface area contributed by atoms with Gasteiger partial charge in [0.15, 0.2) is 5.82 Å². The van der Waals surface area contributed by atoms with Crippen LogP contribution in [0.1, 0.15) is 26.1 Å². The lowest BCUT2D eigenvalue weighted by atomic mass is 10.0. The zero-order valence-electron chi connectivity index (χ0n) is 20.4. The van der Waals surface area contributed by atoms with Crippen LogP contribution in [-0.4, -0.2) is 88.3 Å². The summed E-state index contributed by atoms with van der Waals surface area (Å²) in [4.78, 5) is 32.1. The maximum absolute atomic E-state index is 14.1. The van der Waals surface area contributed by atoms with Crippen molar-refractivity contribution in [1.82, 2.24) is 24.4 Å². The van der Waals surface area contributed by atoms with Gasteiger partial charge in [0, 0.05) is 45.3 Å². The van der Waals surface area contributed by atoms with Gasteiger partial charge in [0.25, 0.3) is 6.43 Å². The topological polar surface area (TPSA) is 106 Å². The molecule has 2 aliphatic rings. The number of aromatic nitrogens is 4. The fraction of sp³-hybridized carbons (Fsp3) is 0.500. The molecule has 0 radical (unpaired) electrons. The Morgan fingerprint density at radius 2 is 1.58 bits per heavy atom. The molecule has 12 heteroatoms. The van der Waals surface area contributed by atoms with Crippen molar-refractivity contribution in [3.63, 3.8) is 0 Å². The predicted octanol–water partition coefficient (Wildman–Crippen LogP) is 1.98. The summed E-state index contributed by atoms with van der Waals surface area (Å²) >= 11 is 0. The third kappa shape index (κ3) is 4.70. The van der Waals surface area contributed by atoms with Crippen molar-refractivity contribution in [2.75, 3.05) is 62.3 Å². The molecule has 0 saturated carbocycles. The van der Waals surface area contributed by atoms with Gasteiger partial charge < -0.3 is 25.2 Å². The number of ether oxygens (including phenoxy) is 1. The van der Waals surface area contributed by atoms with Gasteiger partial charge in [-0.05, 0) is 26.0 Å². The van der Waals surface area contributed by atoms with Crippen LogP contribution >= 0.6 is 0 Å². The number of anilines is 2. The summed E-state index contributed by atoms with van der Waals surface area (Å²) in [5, 5.41) is 0. The third-order valence-corrected chi connectivity index (χ3v) is 6.45. The van der Waals surface area contributed by atoms with E-state index in [0.29, 0.717) is 75.2 Å². The Hall–Kier alpha value is -3.38. The number of nitrogens with two attached hydrogens (primary N) is 1. The SMILES string of the molecule is CC(C)(N)C(=O)N1CCN(c2cc(N3CCOCC3)nc(-n3c(C(F)F)nc4ccccc43)n2)CC1. The zero-order chi connectivity index (χ0) is 25.4. The number of amides is 1. The van der Waals surface area contributed by atoms with Gasteiger partial charge in [0.1, 0.15) is 11.6 Å². The van der Waals surface area contributed by atoms with Crippen LogP contribution in [0.2, 0.25) is 0 Å². The molecule has 3 aromatic rings. The first-order valence-corrected chi connectivity index (χ1v) is 12.0. The van der Waals surface area contributed by atoms with Crippen LogP contribution in [0, 0.1) is 0 Å². The van der Waals surface area contributed by atoms with Crippen LogP contribution in [0.25, 0.3) is 17.0 Å². The molecule has 0 spiro atoms. The number of carbonyl (C=O) groups excluding carboxylic acids is 1. The minimum Gasteiger partial charge on any atom is -0.378 e. The largest absolute Gasteiger partial charge is 0.378 e. The number of alkyl halides is 2. The maximum Gasteiger partial charge on any atom is 0.296 e. The summed E-state index contributed by atoms with van der Waals surface area (Å²) in [6.45, 7) is 7.82. The van der Waals surface area contributed by atoms with Crippen molar-refractivity contribution >= 4 is 28.6 Å². The number of piperazine rings is 1. The maximum atomic E-state index is 14.1. The van der Waals surface area contributed by atoms with E-state index in [4.69, 9.17) is 20.4 Å². The van der Waals surface area contributed by atoms with E-state index in [2.05, 4.69) is 9.88 Å². The van der Waals surface area contributed by atoms with Crippen molar-refractivity contribution < 1.29 is 18.3 Å². The lowest BCUT2D eigenvalue weighted by Crippen LogP contribution is -2.57. The lowest BCUT2D eigenvalue weighted by Gasteiger charge is -2.38. The molecule has 192 valence electrons. The first kappa shape index (κ1) is 24.3. The molecule has 0 atom stereocenters. The molecule has 36 heavy (non-hydrogen) atoms. The molecule has 0 bridgehead atoms. The molecule has 2 saturated heterocycles. The van der Waals surface area contributed by atoms with Gasteiger partial charge in [-0.25, -0.2) is 13.8 Å². The summed E-state index contributed by atoms with van der Waals surface area (Å²) < 4.78 is 34.9. The number of hydrogen-bond acceptors (Lipinski definition) is 8. The van der Waals surface area contributed by atoms with Crippen molar-refractivity contribution in [3.8, 4) is 5.95 Å². The molecule has 10 nitrogen and oxygen atoms in total. The van der Waals surface area contributed by atoms with Gasteiger partial charge in [-0.15, -0.1) is 0 Å². The number of benzene rings is 1. The first-order chi connectivity index (χ1) is 17.2. The van der Waals surface area contributed by atoms with E-state index in [-0.39, 0.29) is 11.9 Å². The van der Waals surface area contributed by atoms with E-state index in [1.807, 2.05) is 11.0 Å². The van der Waals surface area contributed by atoms with Crippen LogP contribution in [0.5, 0.6) is 0 Å². The second-order valence-electron chi connectivity index (χ2n) is 9.58. The standard InChI is InChI=1S/C24H30F2N8O2/c1-24(2,27)22(35)33-9-7-31(8-10-33)18-15-19(32-11-13-36-14-12-32)30-23(29-18)34-17-6-4-3-5-16(17)28-21(34)20(25)26/h3-6,15,20H,7-14,27H2,1-2H3. The minimum absolute atomic E-state index is 0.106. The quantitative estimate of drug-likeness (QED) is 0.567. The van der Waals surface area contributed by atoms with E-state index in [1.165, 1.54) is 4.57 Å². The zero-order valence-corrected chi connectivity index (χ0v) is 20.4. The molecule has 0 unspecified atom stereocenters. The molecule has 2 fully saturated rings. The summed E-state index contributed by atoms with van der Waals surface area (Å²) in [5.41, 5.74) is 6.03. The Morgan fingerprint density at radius 3 is 2.19 bits per heavy atom. The molecule has 2 aromatic heterocycles. The Labute approximate surface area is 207 Å². The highest BCUT2D eigenvalue weighted by atomic mass is 19.3. The van der Waals surface area contributed by atoms with E-state index in [0.717, 1.165) is 0 Å². The van der Waals surface area contributed by atoms with Crippen LogP contribution in [0.4, 0.5) is 20.4 Å². The number of nitrogens with zero attached hydrogens (tertiary/aromatic N) is 7. The van der Waals surface area contributed by atoms with Crippen molar-refractivity contribution in [2.45, 2.75) is 25.8 Å². The predicted molar refractivity (Wildman–Crippen MR) is 132 cm³/mol. The number of hydrogen-bond donors (Lipinski definition) is 1. The Morgan fingerprint density at radius 1 is 0.972 bits per heavy atom. The first-order valence-electron chi connectivity index (χ1n) is 12.0. The molecule has 1 aromatic carbocycles. The van der Waals surface area contributed by atoms with Gasteiger partial charge >= 0.3 is 0 Å². The Bertz CT molecular complexity index is 1240. The number of halogens is 2.